The zero-order valence-corrected chi connectivity index (χ0v) is 13.0. The molecule has 20 heavy (non-hydrogen) atoms. The highest BCUT2D eigenvalue weighted by Crippen LogP contribution is 2.40. The van der Waals surface area contributed by atoms with E-state index in [0.29, 0.717) is 12.7 Å². The zero-order chi connectivity index (χ0) is 14.1. The summed E-state index contributed by atoms with van der Waals surface area (Å²) < 4.78 is 18.3. The standard InChI is InChI=1S/C16H29NO3/c1-15(2)12-17-10-14(20-15)11-18-13-5-8-19-16(9-13)6-3-4-7-16/h13-14,17H,3-12H2,1-2H3. The molecule has 116 valence electrons. The van der Waals surface area contributed by atoms with Gasteiger partial charge in [-0.3, -0.25) is 0 Å². The maximum absolute atomic E-state index is 6.16. The summed E-state index contributed by atoms with van der Waals surface area (Å²) in [6.07, 6.45) is 7.73. The summed E-state index contributed by atoms with van der Waals surface area (Å²) in [5, 5.41) is 3.43. The summed E-state index contributed by atoms with van der Waals surface area (Å²) >= 11 is 0. The smallest absolute Gasteiger partial charge is 0.0940 e. The zero-order valence-electron chi connectivity index (χ0n) is 13.0. The molecule has 3 rings (SSSR count). The predicted molar refractivity (Wildman–Crippen MR) is 77.9 cm³/mol. The van der Waals surface area contributed by atoms with Crippen LogP contribution in [0, 0.1) is 0 Å². The van der Waals surface area contributed by atoms with Crippen LogP contribution in [0.25, 0.3) is 0 Å². The molecule has 4 nitrogen and oxygen atoms in total. The molecule has 1 saturated carbocycles. The first-order valence-electron chi connectivity index (χ1n) is 8.21. The Morgan fingerprint density at radius 1 is 1.25 bits per heavy atom. The number of hydrogen-bond donors (Lipinski definition) is 1. The summed E-state index contributed by atoms with van der Waals surface area (Å²) in [7, 11) is 0. The highest BCUT2D eigenvalue weighted by atomic mass is 16.6. The minimum atomic E-state index is -0.0748. The maximum Gasteiger partial charge on any atom is 0.0940 e. The van der Waals surface area contributed by atoms with Gasteiger partial charge in [0.05, 0.1) is 30.0 Å². The first-order chi connectivity index (χ1) is 9.57. The van der Waals surface area contributed by atoms with Crippen molar-refractivity contribution in [2.75, 3.05) is 26.3 Å². The Labute approximate surface area is 122 Å². The van der Waals surface area contributed by atoms with Gasteiger partial charge in [0.1, 0.15) is 0 Å². The summed E-state index contributed by atoms with van der Waals surface area (Å²) in [6, 6.07) is 0. The Balaban J connectivity index is 1.46. The first-order valence-corrected chi connectivity index (χ1v) is 8.21. The van der Waals surface area contributed by atoms with Crippen molar-refractivity contribution in [3.8, 4) is 0 Å². The van der Waals surface area contributed by atoms with E-state index in [1.54, 1.807) is 0 Å². The van der Waals surface area contributed by atoms with Crippen molar-refractivity contribution in [2.45, 2.75) is 75.8 Å². The molecule has 0 aromatic heterocycles. The molecule has 2 saturated heterocycles. The van der Waals surface area contributed by atoms with Gasteiger partial charge >= 0.3 is 0 Å². The molecule has 2 heterocycles. The average Bonchev–Trinajstić information content (AvgIpc) is 2.83. The third-order valence-electron chi connectivity index (χ3n) is 4.89. The second-order valence-corrected chi connectivity index (χ2v) is 7.32. The number of nitrogens with one attached hydrogen (secondary N) is 1. The molecule has 4 heteroatoms. The monoisotopic (exact) mass is 283 g/mol. The van der Waals surface area contributed by atoms with Crippen molar-refractivity contribution < 1.29 is 14.2 Å². The molecule has 2 aliphatic heterocycles. The maximum atomic E-state index is 6.16. The van der Waals surface area contributed by atoms with Crippen LogP contribution in [-0.4, -0.2) is 49.7 Å². The Morgan fingerprint density at radius 3 is 2.80 bits per heavy atom. The van der Waals surface area contributed by atoms with Crippen LogP contribution in [0.15, 0.2) is 0 Å². The van der Waals surface area contributed by atoms with E-state index in [-0.39, 0.29) is 17.3 Å². The van der Waals surface area contributed by atoms with Gasteiger partial charge in [-0.1, -0.05) is 12.8 Å². The van der Waals surface area contributed by atoms with Crippen molar-refractivity contribution in [1.29, 1.82) is 0 Å². The van der Waals surface area contributed by atoms with E-state index in [9.17, 15) is 0 Å². The minimum absolute atomic E-state index is 0.0748. The Bertz CT molecular complexity index is 326. The van der Waals surface area contributed by atoms with Crippen LogP contribution in [0.1, 0.15) is 52.4 Å². The molecule has 0 radical (unpaired) electrons. The number of ether oxygens (including phenoxy) is 3. The minimum Gasteiger partial charge on any atom is -0.375 e. The number of rotatable bonds is 3. The van der Waals surface area contributed by atoms with E-state index in [2.05, 4.69) is 19.2 Å². The molecule has 1 N–H and O–H groups in total. The van der Waals surface area contributed by atoms with Gasteiger partial charge in [0, 0.05) is 26.1 Å². The Kier molecular flexibility index (Phi) is 4.37. The van der Waals surface area contributed by atoms with Gasteiger partial charge in [0.2, 0.25) is 0 Å². The lowest BCUT2D eigenvalue weighted by Gasteiger charge is -2.40. The lowest BCUT2D eigenvalue weighted by molar-refractivity contribution is -0.162. The van der Waals surface area contributed by atoms with Gasteiger partial charge in [0.15, 0.2) is 0 Å². The quantitative estimate of drug-likeness (QED) is 0.862. The molecule has 2 atom stereocenters. The van der Waals surface area contributed by atoms with Crippen LogP contribution in [0.3, 0.4) is 0 Å². The van der Waals surface area contributed by atoms with E-state index in [1.165, 1.54) is 25.7 Å². The van der Waals surface area contributed by atoms with E-state index < -0.39 is 0 Å². The average molecular weight is 283 g/mol. The number of hydrogen-bond acceptors (Lipinski definition) is 4. The second kappa shape index (κ2) is 5.91. The summed E-state index contributed by atoms with van der Waals surface area (Å²) in [5.41, 5.74) is 0.0719. The van der Waals surface area contributed by atoms with Crippen molar-refractivity contribution in [3.63, 3.8) is 0 Å². The Morgan fingerprint density at radius 2 is 2.05 bits per heavy atom. The van der Waals surface area contributed by atoms with Gasteiger partial charge in [-0.05, 0) is 33.1 Å². The third kappa shape index (κ3) is 3.53. The summed E-state index contributed by atoms with van der Waals surface area (Å²) in [4.78, 5) is 0. The van der Waals surface area contributed by atoms with Gasteiger partial charge in [0.25, 0.3) is 0 Å². The predicted octanol–water partition coefficient (Wildman–Crippen LogP) is 2.26. The lowest BCUT2D eigenvalue weighted by Crippen LogP contribution is -2.52. The highest BCUT2D eigenvalue weighted by molar-refractivity contribution is 4.92. The van der Waals surface area contributed by atoms with E-state index in [0.717, 1.165) is 32.5 Å². The SMILES string of the molecule is CC1(C)CNCC(COC2CCOC3(CCCC3)C2)O1. The van der Waals surface area contributed by atoms with Crippen LogP contribution in [0.4, 0.5) is 0 Å². The molecule has 1 spiro atoms. The summed E-state index contributed by atoms with van der Waals surface area (Å²) in [6.45, 7) is 7.65. The number of morpholine rings is 1. The molecule has 1 aliphatic carbocycles. The summed E-state index contributed by atoms with van der Waals surface area (Å²) in [5.74, 6) is 0. The molecular formula is C16H29NO3. The van der Waals surface area contributed by atoms with Crippen LogP contribution >= 0.6 is 0 Å². The fraction of sp³-hybridized carbons (Fsp3) is 1.00. The van der Waals surface area contributed by atoms with Gasteiger partial charge < -0.3 is 19.5 Å². The molecule has 3 aliphatic rings. The van der Waals surface area contributed by atoms with Crippen molar-refractivity contribution >= 4 is 0 Å². The molecule has 0 aromatic carbocycles. The largest absolute Gasteiger partial charge is 0.375 e. The lowest BCUT2D eigenvalue weighted by atomic mass is 9.90. The van der Waals surface area contributed by atoms with Gasteiger partial charge in [-0.25, -0.2) is 0 Å². The van der Waals surface area contributed by atoms with Crippen molar-refractivity contribution in [2.24, 2.45) is 0 Å². The van der Waals surface area contributed by atoms with Crippen molar-refractivity contribution in [3.05, 3.63) is 0 Å². The van der Waals surface area contributed by atoms with Crippen LogP contribution in [0.5, 0.6) is 0 Å². The normalized spacial score (nSPS) is 36.3. The third-order valence-corrected chi connectivity index (χ3v) is 4.89. The van der Waals surface area contributed by atoms with E-state index in [1.807, 2.05) is 0 Å². The molecule has 0 aromatic rings. The van der Waals surface area contributed by atoms with E-state index >= 15 is 0 Å². The van der Waals surface area contributed by atoms with Crippen LogP contribution < -0.4 is 5.32 Å². The van der Waals surface area contributed by atoms with Crippen molar-refractivity contribution in [1.82, 2.24) is 5.32 Å². The van der Waals surface area contributed by atoms with Gasteiger partial charge in [-0.2, -0.15) is 0 Å². The second-order valence-electron chi connectivity index (χ2n) is 7.32. The molecule has 2 unspecified atom stereocenters. The van der Waals surface area contributed by atoms with Crippen LogP contribution in [-0.2, 0) is 14.2 Å². The van der Waals surface area contributed by atoms with Crippen LogP contribution in [0.2, 0.25) is 0 Å². The Hall–Kier alpha value is -0.160. The molecule has 0 bridgehead atoms. The molecule has 3 fully saturated rings. The highest BCUT2D eigenvalue weighted by Gasteiger charge is 2.40. The van der Waals surface area contributed by atoms with Gasteiger partial charge in [-0.15, -0.1) is 0 Å². The fourth-order valence-electron chi connectivity index (χ4n) is 3.90. The topological polar surface area (TPSA) is 39.7 Å². The molecular weight excluding hydrogens is 254 g/mol. The first kappa shape index (κ1) is 14.8. The molecule has 0 amide bonds. The fourth-order valence-corrected chi connectivity index (χ4v) is 3.90. The van der Waals surface area contributed by atoms with E-state index in [4.69, 9.17) is 14.2 Å².